The lowest BCUT2D eigenvalue weighted by Crippen LogP contribution is -2.34. The van der Waals surface area contributed by atoms with Crippen molar-refractivity contribution in [2.45, 2.75) is 13.0 Å². The van der Waals surface area contributed by atoms with Gasteiger partial charge in [0.25, 0.3) is 5.91 Å². The molecule has 0 aromatic heterocycles. The van der Waals surface area contributed by atoms with Crippen LogP contribution < -0.4 is 0 Å². The molecule has 1 aliphatic rings. The number of hydrogen-bond acceptors (Lipinski definition) is 7. The number of amides is 1. The van der Waals surface area contributed by atoms with Crippen LogP contribution in [-0.2, 0) is 30.3 Å². The van der Waals surface area contributed by atoms with E-state index in [4.69, 9.17) is 24.1 Å². The van der Waals surface area contributed by atoms with Gasteiger partial charge in [-0.05, 0) is 11.6 Å². The number of Topliss-reactive ketones (excluding diaryl/α,β-unsaturated/α-hetero) is 1. The number of carbonyl (C=O) groups excluding carboxylic acids is 2. The first-order valence-electron chi connectivity index (χ1n) is 9.03. The van der Waals surface area contributed by atoms with Crippen LogP contribution in [0.15, 0.2) is 24.3 Å². The molecule has 0 saturated heterocycles. The molecule has 0 radical (unpaired) electrons. The second-order valence-corrected chi connectivity index (χ2v) is 5.99. The van der Waals surface area contributed by atoms with Crippen molar-refractivity contribution >= 4 is 11.7 Å². The monoisotopic (exact) mass is 381 g/mol. The van der Waals surface area contributed by atoms with E-state index in [1.54, 1.807) is 4.90 Å². The van der Waals surface area contributed by atoms with Crippen LogP contribution in [0.3, 0.4) is 0 Å². The van der Waals surface area contributed by atoms with Crippen molar-refractivity contribution in [3.05, 3.63) is 35.4 Å². The minimum absolute atomic E-state index is 0.0419. The van der Waals surface area contributed by atoms with E-state index in [1.165, 1.54) is 0 Å². The van der Waals surface area contributed by atoms with Crippen LogP contribution in [0.1, 0.15) is 22.3 Å². The predicted molar refractivity (Wildman–Crippen MR) is 96.3 cm³/mol. The van der Waals surface area contributed by atoms with Gasteiger partial charge in [0.05, 0.1) is 46.2 Å². The van der Waals surface area contributed by atoms with Gasteiger partial charge in [-0.25, -0.2) is 0 Å². The Morgan fingerprint density at radius 3 is 2.44 bits per heavy atom. The zero-order valence-electron chi connectivity index (χ0n) is 15.4. The molecule has 0 fully saturated rings. The van der Waals surface area contributed by atoms with E-state index in [2.05, 4.69) is 0 Å². The predicted octanol–water partition coefficient (Wildman–Crippen LogP) is 0.618. The second kappa shape index (κ2) is 12.5. The summed E-state index contributed by atoms with van der Waals surface area (Å²) in [5, 5.41) is 8.56. The van der Waals surface area contributed by atoms with E-state index < -0.39 is 6.61 Å². The Morgan fingerprint density at radius 1 is 1.04 bits per heavy atom. The molecule has 1 amide bonds. The first kappa shape index (κ1) is 21.5. The third-order valence-corrected chi connectivity index (χ3v) is 3.99. The van der Waals surface area contributed by atoms with Crippen LogP contribution in [0.4, 0.5) is 0 Å². The molecule has 27 heavy (non-hydrogen) atoms. The summed E-state index contributed by atoms with van der Waals surface area (Å²) in [6.45, 7) is 3.02. The first-order chi connectivity index (χ1) is 13.2. The maximum atomic E-state index is 12.5. The topological polar surface area (TPSA) is 94.5 Å². The number of ether oxygens (including phenoxy) is 4. The number of benzene rings is 1. The summed E-state index contributed by atoms with van der Waals surface area (Å²) in [6.07, 6.45) is 0.211. The smallest absolute Gasteiger partial charge is 0.256 e. The van der Waals surface area contributed by atoms with Gasteiger partial charge in [0.2, 0.25) is 0 Å². The van der Waals surface area contributed by atoms with E-state index in [0.29, 0.717) is 51.7 Å². The molecule has 0 atom stereocenters. The molecule has 8 heteroatoms. The fourth-order valence-corrected chi connectivity index (χ4v) is 2.50. The number of rotatable bonds is 13. The highest BCUT2D eigenvalue weighted by molar-refractivity contribution is 5.95. The minimum atomic E-state index is -0.446. The molecule has 0 unspecified atom stereocenters. The molecule has 150 valence electrons. The average Bonchev–Trinajstić information content (AvgIpc) is 2.85. The van der Waals surface area contributed by atoms with Gasteiger partial charge in [-0.15, -0.1) is 0 Å². The summed E-state index contributed by atoms with van der Waals surface area (Å²) in [4.78, 5) is 25.0. The molecule has 1 aliphatic heterocycles. The number of carbonyl (C=O) groups is 2. The summed E-state index contributed by atoms with van der Waals surface area (Å²) in [7, 11) is 0. The summed E-state index contributed by atoms with van der Waals surface area (Å²) in [5.74, 6) is -0.277. The lowest BCUT2D eigenvalue weighted by Gasteiger charge is -2.20. The van der Waals surface area contributed by atoms with Crippen molar-refractivity contribution < 1.29 is 33.6 Å². The Balaban J connectivity index is 1.50. The Morgan fingerprint density at radius 2 is 1.70 bits per heavy atom. The van der Waals surface area contributed by atoms with Crippen LogP contribution in [-0.4, -0.2) is 81.2 Å². The SMILES string of the molecule is O=C(CO)CCOCCOCCOCCN1COCc2ccccc2C1=O. The molecule has 0 spiro atoms. The normalized spacial score (nSPS) is 14.1. The highest BCUT2D eigenvalue weighted by Gasteiger charge is 2.21. The molecule has 0 aliphatic carbocycles. The van der Waals surface area contributed by atoms with E-state index >= 15 is 0 Å². The third-order valence-electron chi connectivity index (χ3n) is 3.99. The van der Waals surface area contributed by atoms with Crippen molar-refractivity contribution in [1.29, 1.82) is 0 Å². The van der Waals surface area contributed by atoms with Gasteiger partial charge in [-0.1, -0.05) is 18.2 Å². The molecule has 1 heterocycles. The number of aliphatic hydroxyl groups excluding tert-OH is 1. The van der Waals surface area contributed by atoms with Gasteiger partial charge in [0.15, 0.2) is 5.78 Å². The van der Waals surface area contributed by atoms with Crippen LogP contribution in [0.5, 0.6) is 0 Å². The number of hydrogen-bond donors (Lipinski definition) is 1. The maximum absolute atomic E-state index is 12.5. The van der Waals surface area contributed by atoms with Gasteiger partial charge in [-0.2, -0.15) is 0 Å². The molecule has 2 rings (SSSR count). The van der Waals surface area contributed by atoms with Gasteiger partial charge in [-0.3, -0.25) is 9.59 Å². The number of ketones is 1. The van der Waals surface area contributed by atoms with Crippen molar-refractivity contribution in [3.8, 4) is 0 Å². The number of nitrogens with zero attached hydrogens (tertiary/aromatic N) is 1. The van der Waals surface area contributed by atoms with E-state index in [-0.39, 0.29) is 31.4 Å². The van der Waals surface area contributed by atoms with Gasteiger partial charge in [0.1, 0.15) is 13.3 Å². The zero-order valence-corrected chi connectivity index (χ0v) is 15.4. The zero-order chi connectivity index (χ0) is 19.3. The molecule has 1 aromatic carbocycles. The second-order valence-electron chi connectivity index (χ2n) is 5.99. The Labute approximate surface area is 159 Å². The van der Waals surface area contributed by atoms with Crippen molar-refractivity contribution in [2.24, 2.45) is 0 Å². The molecule has 1 aromatic rings. The fraction of sp³-hybridized carbons (Fsp3) is 0.579. The Kier molecular flexibility index (Phi) is 9.96. The standard InChI is InChI=1S/C19H27NO7/c21-13-17(22)5-7-24-9-11-26-12-10-25-8-6-20-15-27-14-16-3-1-2-4-18(16)19(20)23/h1-4,21H,5-15H2. The molecule has 0 bridgehead atoms. The Bertz CT molecular complexity index is 593. The molecule has 1 N–H and O–H groups in total. The van der Waals surface area contributed by atoms with Crippen LogP contribution in [0.2, 0.25) is 0 Å². The third kappa shape index (κ3) is 7.74. The lowest BCUT2D eigenvalue weighted by atomic mass is 10.1. The summed E-state index contributed by atoms with van der Waals surface area (Å²) in [5.41, 5.74) is 1.58. The van der Waals surface area contributed by atoms with Crippen molar-refractivity contribution in [2.75, 3.05) is 59.5 Å². The molecular formula is C19H27NO7. The Hall–Kier alpha value is -1.84. The highest BCUT2D eigenvalue weighted by Crippen LogP contribution is 2.16. The molecule has 0 saturated carbocycles. The van der Waals surface area contributed by atoms with Crippen LogP contribution in [0.25, 0.3) is 0 Å². The number of aliphatic hydroxyl groups is 1. The van der Waals surface area contributed by atoms with E-state index in [0.717, 1.165) is 5.56 Å². The highest BCUT2D eigenvalue weighted by atomic mass is 16.5. The molecule has 8 nitrogen and oxygen atoms in total. The van der Waals surface area contributed by atoms with Gasteiger partial charge < -0.3 is 29.0 Å². The van der Waals surface area contributed by atoms with E-state index in [1.807, 2.05) is 24.3 Å². The first-order valence-corrected chi connectivity index (χ1v) is 9.03. The van der Waals surface area contributed by atoms with E-state index in [9.17, 15) is 9.59 Å². The lowest BCUT2D eigenvalue weighted by molar-refractivity contribution is -0.122. The molecular weight excluding hydrogens is 354 g/mol. The van der Waals surface area contributed by atoms with Gasteiger partial charge in [0, 0.05) is 18.5 Å². The summed E-state index contributed by atoms with van der Waals surface area (Å²) in [6, 6.07) is 7.46. The van der Waals surface area contributed by atoms with Crippen LogP contribution >= 0.6 is 0 Å². The van der Waals surface area contributed by atoms with Gasteiger partial charge >= 0.3 is 0 Å². The van der Waals surface area contributed by atoms with Crippen molar-refractivity contribution in [1.82, 2.24) is 4.90 Å². The fourth-order valence-electron chi connectivity index (χ4n) is 2.50. The summed E-state index contributed by atoms with van der Waals surface area (Å²) < 4.78 is 21.6. The quantitative estimate of drug-likeness (QED) is 0.501. The minimum Gasteiger partial charge on any atom is -0.389 e. The average molecular weight is 381 g/mol. The summed E-state index contributed by atoms with van der Waals surface area (Å²) >= 11 is 0. The van der Waals surface area contributed by atoms with Crippen LogP contribution in [0, 0.1) is 0 Å². The maximum Gasteiger partial charge on any atom is 0.256 e. The number of fused-ring (bicyclic) bond motifs is 1. The van der Waals surface area contributed by atoms with Crippen molar-refractivity contribution in [3.63, 3.8) is 0 Å². The largest absolute Gasteiger partial charge is 0.389 e.